The van der Waals surface area contributed by atoms with Gasteiger partial charge in [0.05, 0.1) is 6.10 Å². The molecule has 3 N–H and O–H groups in total. The van der Waals surface area contributed by atoms with Gasteiger partial charge in [-0.15, -0.1) is 0 Å². The smallest absolute Gasteiger partial charge is 0.0936 e. The van der Waals surface area contributed by atoms with Gasteiger partial charge in [0.15, 0.2) is 0 Å². The van der Waals surface area contributed by atoms with Crippen molar-refractivity contribution in [3.05, 3.63) is 29.8 Å². The number of nitrogen functional groups attached to an aromatic ring is 1. The molecule has 1 unspecified atom stereocenters. The van der Waals surface area contributed by atoms with E-state index < -0.39 is 6.10 Å². The van der Waals surface area contributed by atoms with E-state index in [1.54, 1.807) is 0 Å². The van der Waals surface area contributed by atoms with Crippen LogP contribution in [0.1, 0.15) is 32.4 Å². The summed E-state index contributed by atoms with van der Waals surface area (Å²) in [6, 6.07) is 7.48. The van der Waals surface area contributed by atoms with Crippen LogP contribution in [0.5, 0.6) is 0 Å². The second-order valence-corrected chi connectivity index (χ2v) is 5.90. The normalized spacial score (nSPS) is 14.0. The van der Waals surface area contributed by atoms with E-state index in [2.05, 4.69) is 25.7 Å². The second-order valence-electron chi connectivity index (χ2n) is 5.90. The Balaban J connectivity index is 2.61. The van der Waals surface area contributed by atoms with Gasteiger partial charge in [0.2, 0.25) is 0 Å². The number of aliphatic hydroxyl groups is 1. The molecule has 3 nitrogen and oxygen atoms in total. The number of likely N-dealkylation sites (N-methyl/N-ethyl adjacent to an activating group) is 1. The summed E-state index contributed by atoms with van der Waals surface area (Å²) < 4.78 is 0. The molecule has 0 heterocycles. The minimum Gasteiger partial charge on any atom is -0.398 e. The second kappa shape index (κ2) is 5.52. The molecule has 1 rings (SSSR count). The summed E-state index contributed by atoms with van der Waals surface area (Å²) in [4.78, 5) is 2.14. The number of hydrogen-bond acceptors (Lipinski definition) is 3. The number of para-hydroxylation sites is 1. The molecule has 1 aromatic carbocycles. The first-order valence-electron chi connectivity index (χ1n) is 6.00. The largest absolute Gasteiger partial charge is 0.398 e. The van der Waals surface area contributed by atoms with Crippen LogP contribution < -0.4 is 5.73 Å². The van der Waals surface area contributed by atoms with Gasteiger partial charge in [-0.3, -0.25) is 0 Å². The van der Waals surface area contributed by atoms with Crippen molar-refractivity contribution in [1.82, 2.24) is 4.90 Å². The molecule has 0 spiro atoms. The number of aliphatic hydroxyl groups excluding tert-OH is 1. The van der Waals surface area contributed by atoms with Crippen molar-refractivity contribution in [3.63, 3.8) is 0 Å². The Kier molecular flexibility index (Phi) is 4.54. The van der Waals surface area contributed by atoms with Gasteiger partial charge in [-0.1, -0.05) is 39.0 Å². The summed E-state index contributed by atoms with van der Waals surface area (Å²) in [6.07, 6.45) is -0.524. The van der Waals surface area contributed by atoms with Crippen molar-refractivity contribution < 1.29 is 5.11 Å². The van der Waals surface area contributed by atoms with E-state index in [0.29, 0.717) is 12.2 Å². The summed E-state index contributed by atoms with van der Waals surface area (Å²) in [5.74, 6) is 0. The van der Waals surface area contributed by atoms with E-state index >= 15 is 0 Å². The Hall–Kier alpha value is -1.06. The lowest BCUT2D eigenvalue weighted by Gasteiger charge is -2.28. The maximum Gasteiger partial charge on any atom is 0.0936 e. The maximum absolute atomic E-state index is 10.1. The number of rotatable bonds is 4. The summed E-state index contributed by atoms with van der Waals surface area (Å²) in [6.45, 7) is 8.11. The topological polar surface area (TPSA) is 49.5 Å². The van der Waals surface area contributed by atoms with Gasteiger partial charge in [-0.2, -0.15) is 0 Å². The molecular formula is C14H24N2O. The molecule has 1 aromatic rings. The molecule has 0 bridgehead atoms. The Bertz CT molecular complexity index is 357. The fraction of sp³-hybridized carbons (Fsp3) is 0.571. The number of nitrogens with zero attached hydrogens (tertiary/aromatic N) is 1. The predicted molar refractivity (Wildman–Crippen MR) is 72.8 cm³/mol. The highest BCUT2D eigenvalue weighted by molar-refractivity contribution is 5.47. The lowest BCUT2D eigenvalue weighted by atomic mass is 9.96. The van der Waals surface area contributed by atoms with Gasteiger partial charge < -0.3 is 15.7 Å². The monoisotopic (exact) mass is 236 g/mol. The molecule has 3 heteroatoms. The van der Waals surface area contributed by atoms with Crippen molar-refractivity contribution in [2.75, 3.05) is 25.9 Å². The van der Waals surface area contributed by atoms with E-state index in [0.717, 1.165) is 12.1 Å². The van der Waals surface area contributed by atoms with Crippen molar-refractivity contribution in [3.8, 4) is 0 Å². The third-order valence-electron chi connectivity index (χ3n) is 2.58. The van der Waals surface area contributed by atoms with Gasteiger partial charge in [0, 0.05) is 24.3 Å². The van der Waals surface area contributed by atoms with Crippen LogP contribution in [0.4, 0.5) is 5.69 Å². The van der Waals surface area contributed by atoms with Crippen LogP contribution in [0.2, 0.25) is 0 Å². The Morgan fingerprint density at radius 2 is 1.88 bits per heavy atom. The highest BCUT2D eigenvalue weighted by Crippen LogP contribution is 2.22. The number of hydrogen-bond donors (Lipinski definition) is 2. The molecule has 0 radical (unpaired) electrons. The SMILES string of the molecule is CN(CC(O)c1ccccc1N)CC(C)(C)C. The molecule has 0 aliphatic rings. The summed E-state index contributed by atoms with van der Waals surface area (Å²) in [5.41, 5.74) is 7.55. The van der Waals surface area contributed by atoms with E-state index in [1.165, 1.54) is 0 Å². The Morgan fingerprint density at radius 1 is 1.29 bits per heavy atom. The molecule has 0 amide bonds. The zero-order valence-electron chi connectivity index (χ0n) is 11.3. The first-order chi connectivity index (χ1) is 7.79. The van der Waals surface area contributed by atoms with Crippen molar-refractivity contribution in [2.45, 2.75) is 26.9 Å². The average molecular weight is 236 g/mol. The number of anilines is 1. The van der Waals surface area contributed by atoms with Gasteiger partial charge in [0.1, 0.15) is 0 Å². The van der Waals surface area contributed by atoms with Crippen LogP contribution >= 0.6 is 0 Å². The number of benzene rings is 1. The quantitative estimate of drug-likeness (QED) is 0.789. The van der Waals surface area contributed by atoms with Gasteiger partial charge in [-0.25, -0.2) is 0 Å². The molecule has 0 aliphatic heterocycles. The van der Waals surface area contributed by atoms with Crippen LogP contribution in [-0.2, 0) is 0 Å². The standard InChI is InChI=1S/C14H24N2O/c1-14(2,3)10-16(4)9-13(17)11-7-5-6-8-12(11)15/h5-8,13,17H,9-10,15H2,1-4H3. The Labute approximate surface area is 104 Å². The van der Waals surface area contributed by atoms with Gasteiger partial charge >= 0.3 is 0 Å². The molecular weight excluding hydrogens is 212 g/mol. The van der Waals surface area contributed by atoms with Gasteiger partial charge in [-0.05, 0) is 18.5 Å². The molecule has 0 aliphatic carbocycles. The average Bonchev–Trinajstić information content (AvgIpc) is 2.14. The van der Waals surface area contributed by atoms with E-state index in [1.807, 2.05) is 31.3 Å². The number of nitrogens with two attached hydrogens (primary N) is 1. The van der Waals surface area contributed by atoms with Crippen LogP contribution in [0, 0.1) is 5.41 Å². The van der Waals surface area contributed by atoms with E-state index in [-0.39, 0.29) is 5.41 Å². The lowest BCUT2D eigenvalue weighted by molar-refractivity contribution is 0.109. The van der Waals surface area contributed by atoms with E-state index in [9.17, 15) is 5.11 Å². The highest BCUT2D eigenvalue weighted by Gasteiger charge is 2.17. The first-order valence-corrected chi connectivity index (χ1v) is 6.00. The zero-order chi connectivity index (χ0) is 13.1. The van der Waals surface area contributed by atoms with Crippen LogP contribution in [0.25, 0.3) is 0 Å². The van der Waals surface area contributed by atoms with Crippen molar-refractivity contribution in [2.24, 2.45) is 5.41 Å². The lowest BCUT2D eigenvalue weighted by Crippen LogP contribution is -2.32. The molecule has 17 heavy (non-hydrogen) atoms. The Morgan fingerprint density at radius 3 is 2.41 bits per heavy atom. The van der Waals surface area contributed by atoms with Gasteiger partial charge in [0.25, 0.3) is 0 Å². The molecule has 0 saturated carbocycles. The highest BCUT2D eigenvalue weighted by atomic mass is 16.3. The summed E-state index contributed by atoms with van der Waals surface area (Å²) >= 11 is 0. The van der Waals surface area contributed by atoms with Crippen LogP contribution in [0.3, 0.4) is 0 Å². The molecule has 0 saturated heterocycles. The van der Waals surface area contributed by atoms with Crippen molar-refractivity contribution in [1.29, 1.82) is 0 Å². The fourth-order valence-electron chi connectivity index (χ4n) is 2.08. The molecule has 0 fully saturated rings. The third-order valence-corrected chi connectivity index (χ3v) is 2.58. The molecule has 96 valence electrons. The fourth-order valence-corrected chi connectivity index (χ4v) is 2.08. The third kappa shape index (κ3) is 4.75. The first kappa shape index (κ1) is 14.0. The van der Waals surface area contributed by atoms with Crippen LogP contribution in [0.15, 0.2) is 24.3 Å². The predicted octanol–water partition coefficient (Wildman–Crippen LogP) is 2.28. The van der Waals surface area contributed by atoms with Crippen molar-refractivity contribution >= 4 is 5.69 Å². The minimum atomic E-state index is -0.524. The summed E-state index contributed by atoms with van der Waals surface area (Å²) in [7, 11) is 2.02. The minimum absolute atomic E-state index is 0.233. The maximum atomic E-state index is 10.1. The van der Waals surface area contributed by atoms with E-state index in [4.69, 9.17) is 5.73 Å². The zero-order valence-corrected chi connectivity index (χ0v) is 11.3. The summed E-state index contributed by atoms with van der Waals surface area (Å²) in [5, 5.41) is 10.1. The molecule has 1 atom stereocenters. The molecule has 0 aromatic heterocycles. The van der Waals surface area contributed by atoms with Crippen LogP contribution in [-0.4, -0.2) is 30.1 Å².